The quantitative estimate of drug-likeness (QED) is 0.447. The van der Waals surface area contributed by atoms with Crippen molar-refractivity contribution >= 4 is 35.2 Å². The van der Waals surface area contributed by atoms with E-state index in [2.05, 4.69) is 5.32 Å². The number of halogens is 2. The highest BCUT2D eigenvalue weighted by atomic mass is 35.5. The van der Waals surface area contributed by atoms with Gasteiger partial charge < -0.3 is 14.8 Å². The molecule has 152 valence electrons. The molecule has 1 N–H and O–H groups in total. The Morgan fingerprint density at radius 3 is 2.55 bits per heavy atom. The van der Waals surface area contributed by atoms with Crippen molar-refractivity contribution in [3.05, 3.63) is 63.1 Å². The Balaban J connectivity index is 2.25. The highest BCUT2D eigenvalue weighted by Gasteiger charge is 2.15. The molecule has 7 heteroatoms. The van der Waals surface area contributed by atoms with Crippen molar-refractivity contribution in [2.45, 2.75) is 32.9 Å². The minimum absolute atomic E-state index is 0.0155. The fourth-order valence-corrected chi connectivity index (χ4v) is 2.82. The van der Waals surface area contributed by atoms with Gasteiger partial charge in [0.15, 0.2) is 11.5 Å². The summed E-state index contributed by atoms with van der Waals surface area (Å²) in [7, 11) is 1.50. The van der Waals surface area contributed by atoms with Gasteiger partial charge in [-0.05, 0) is 54.8 Å². The maximum atomic E-state index is 12.2. The first-order valence-corrected chi connectivity index (χ1v) is 9.81. The number of methoxy groups -OCH3 is 1. The van der Waals surface area contributed by atoms with E-state index in [4.69, 9.17) is 32.7 Å². The molecule has 0 saturated heterocycles. The van der Waals surface area contributed by atoms with Crippen LogP contribution in [0.5, 0.6) is 11.5 Å². The summed E-state index contributed by atoms with van der Waals surface area (Å²) in [6.07, 6.45) is 2.23. The number of amides is 1. The van der Waals surface area contributed by atoms with E-state index in [0.717, 1.165) is 12.0 Å². The fraction of sp³-hybridized carbons (Fsp3) is 0.273. The Bertz CT molecular complexity index is 934. The number of ether oxygens (including phenoxy) is 2. The standard InChI is InChI=1S/C22H22Cl2N2O3/c1-4-14(2)26-22(27)17(12-25)9-16-10-19(24)21(20(11-16)28-3)29-13-15-5-7-18(23)8-6-15/h5-11,14H,4,13H2,1-3H3,(H,26,27)/b17-9+/t14-/m1/s1. The molecule has 0 unspecified atom stereocenters. The van der Waals surface area contributed by atoms with Gasteiger partial charge in [-0.3, -0.25) is 4.79 Å². The van der Waals surface area contributed by atoms with E-state index < -0.39 is 5.91 Å². The van der Waals surface area contributed by atoms with Crippen molar-refractivity contribution in [3.63, 3.8) is 0 Å². The van der Waals surface area contributed by atoms with Crippen molar-refractivity contribution < 1.29 is 14.3 Å². The monoisotopic (exact) mass is 432 g/mol. The van der Waals surface area contributed by atoms with Crippen LogP contribution in [-0.2, 0) is 11.4 Å². The van der Waals surface area contributed by atoms with Crippen molar-refractivity contribution in [2.75, 3.05) is 7.11 Å². The van der Waals surface area contributed by atoms with E-state index in [0.29, 0.717) is 27.1 Å². The lowest BCUT2D eigenvalue weighted by molar-refractivity contribution is -0.117. The molecule has 0 spiro atoms. The van der Waals surface area contributed by atoms with Gasteiger partial charge in [0.25, 0.3) is 5.91 Å². The number of hydrogen-bond donors (Lipinski definition) is 1. The predicted octanol–water partition coefficient (Wildman–Crippen LogP) is 5.40. The van der Waals surface area contributed by atoms with Gasteiger partial charge in [-0.15, -0.1) is 0 Å². The van der Waals surface area contributed by atoms with Crippen LogP contribution in [0.4, 0.5) is 0 Å². The Labute approximate surface area is 180 Å². The first-order valence-electron chi connectivity index (χ1n) is 9.05. The molecule has 0 saturated carbocycles. The Morgan fingerprint density at radius 1 is 1.28 bits per heavy atom. The van der Waals surface area contributed by atoms with E-state index >= 15 is 0 Å². The number of carbonyl (C=O) groups is 1. The zero-order valence-corrected chi connectivity index (χ0v) is 18.0. The largest absolute Gasteiger partial charge is 0.493 e. The van der Waals surface area contributed by atoms with Crippen LogP contribution in [0.15, 0.2) is 42.0 Å². The van der Waals surface area contributed by atoms with Gasteiger partial charge in [-0.25, -0.2) is 0 Å². The highest BCUT2D eigenvalue weighted by molar-refractivity contribution is 6.32. The van der Waals surface area contributed by atoms with Crippen LogP contribution in [0.2, 0.25) is 10.0 Å². The second-order valence-electron chi connectivity index (χ2n) is 6.40. The van der Waals surface area contributed by atoms with E-state index in [1.807, 2.05) is 32.0 Å². The summed E-state index contributed by atoms with van der Waals surface area (Å²) in [5.41, 5.74) is 1.46. The van der Waals surface area contributed by atoms with Crippen molar-refractivity contribution in [3.8, 4) is 17.6 Å². The first-order chi connectivity index (χ1) is 13.9. The zero-order valence-electron chi connectivity index (χ0n) is 16.5. The molecule has 29 heavy (non-hydrogen) atoms. The average molecular weight is 433 g/mol. The summed E-state index contributed by atoms with van der Waals surface area (Å²) in [5, 5.41) is 13.1. The third kappa shape index (κ3) is 6.42. The molecule has 5 nitrogen and oxygen atoms in total. The summed E-state index contributed by atoms with van der Waals surface area (Å²) >= 11 is 12.3. The van der Waals surface area contributed by atoms with Gasteiger partial charge in [-0.1, -0.05) is 42.3 Å². The van der Waals surface area contributed by atoms with E-state index in [1.54, 1.807) is 24.3 Å². The molecule has 0 aliphatic rings. The highest BCUT2D eigenvalue weighted by Crippen LogP contribution is 2.37. The molecule has 0 aromatic heterocycles. The summed E-state index contributed by atoms with van der Waals surface area (Å²) in [4.78, 5) is 12.2. The third-order valence-corrected chi connectivity index (χ3v) is 4.75. The molecule has 0 heterocycles. The number of hydrogen-bond acceptors (Lipinski definition) is 4. The van der Waals surface area contributed by atoms with Crippen LogP contribution in [0.3, 0.4) is 0 Å². The molecule has 0 fully saturated rings. The molecule has 0 aliphatic heterocycles. The summed E-state index contributed by atoms with van der Waals surface area (Å²) in [5.74, 6) is 0.348. The molecule has 2 aromatic carbocycles. The number of carbonyl (C=O) groups excluding carboxylic acids is 1. The summed E-state index contributed by atoms with van der Waals surface area (Å²) < 4.78 is 11.2. The van der Waals surface area contributed by atoms with Crippen LogP contribution >= 0.6 is 23.2 Å². The molecule has 0 radical (unpaired) electrons. The van der Waals surface area contributed by atoms with Crippen LogP contribution < -0.4 is 14.8 Å². The van der Waals surface area contributed by atoms with Crippen LogP contribution in [-0.4, -0.2) is 19.1 Å². The maximum absolute atomic E-state index is 12.2. The number of rotatable bonds is 8. The van der Waals surface area contributed by atoms with Gasteiger partial charge in [0.2, 0.25) is 0 Å². The molecule has 1 amide bonds. The minimum atomic E-state index is -0.431. The van der Waals surface area contributed by atoms with E-state index in [1.165, 1.54) is 13.2 Å². The van der Waals surface area contributed by atoms with Crippen LogP contribution in [0.25, 0.3) is 6.08 Å². The second kappa shape index (κ2) is 10.8. The van der Waals surface area contributed by atoms with Crippen molar-refractivity contribution in [1.82, 2.24) is 5.32 Å². The smallest absolute Gasteiger partial charge is 0.262 e. The van der Waals surface area contributed by atoms with Gasteiger partial charge in [0.1, 0.15) is 18.2 Å². The average Bonchev–Trinajstić information content (AvgIpc) is 2.71. The Hall–Kier alpha value is -2.68. The fourth-order valence-electron chi connectivity index (χ4n) is 2.42. The number of nitrogens with zero attached hydrogens (tertiary/aromatic N) is 1. The van der Waals surface area contributed by atoms with E-state index in [-0.39, 0.29) is 18.2 Å². The molecule has 2 rings (SSSR count). The summed E-state index contributed by atoms with van der Waals surface area (Å²) in [6, 6.07) is 12.5. The molecule has 2 aromatic rings. The number of nitrogens with one attached hydrogen (secondary N) is 1. The lowest BCUT2D eigenvalue weighted by Gasteiger charge is -2.14. The maximum Gasteiger partial charge on any atom is 0.262 e. The van der Waals surface area contributed by atoms with Gasteiger partial charge in [-0.2, -0.15) is 5.26 Å². The predicted molar refractivity (Wildman–Crippen MR) is 115 cm³/mol. The van der Waals surface area contributed by atoms with Gasteiger partial charge >= 0.3 is 0 Å². The molecule has 0 aliphatic carbocycles. The minimum Gasteiger partial charge on any atom is -0.493 e. The van der Waals surface area contributed by atoms with Gasteiger partial charge in [0, 0.05) is 11.1 Å². The third-order valence-electron chi connectivity index (χ3n) is 4.21. The normalized spacial score (nSPS) is 12.1. The number of benzene rings is 2. The summed E-state index contributed by atoms with van der Waals surface area (Å²) in [6.45, 7) is 4.11. The first kappa shape index (κ1) is 22.6. The Kier molecular flexibility index (Phi) is 8.38. The van der Waals surface area contributed by atoms with Gasteiger partial charge in [0.05, 0.1) is 12.1 Å². The Morgan fingerprint density at radius 2 is 1.97 bits per heavy atom. The lowest BCUT2D eigenvalue weighted by atomic mass is 10.1. The number of nitriles is 1. The molecular formula is C22H22Cl2N2O3. The van der Waals surface area contributed by atoms with Crippen LogP contribution in [0.1, 0.15) is 31.4 Å². The second-order valence-corrected chi connectivity index (χ2v) is 7.25. The van der Waals surface area contributed by atoms with Crippen LogP contribution in [0, 0.1) is 11.3 Å². The molecule has 0 bridgehead atoms. The van der Waals surface area contributed by atoms with Crippen molar-refractivity contribution in [1.29, 1.82) is 5.26 Å². The zero-order chi connectivity index (χ0) is 21.4. The van der Waals surface area contributed by atoms with E-state index in [9.17, 15) is 10.1 Å². The van der Waals surface area contributed by atoms with Crippen molar-refractivity contribution in [2.24, 2.45) is 0 Å². The molecular weight excluding hydrogens is 411 g/mol. The lowest BCUT2D eigenvalue weighted by Crippen LogP contribution is -2.32. The topological polar surface area (TPSA) is 71.4 Å². The molecule has 1 atom stereocenters. The SMILES string of the molecule is CC[C@@H](C)NC(=O)/C(C#N)=C/c1cc(Cl)c(OCc2ccc(Cl)cc2)c(OC)c1.